The molecule has 0 aromatic heterocycles. The topological polar surface area (TPSA) is 80.4 Å². The van der Waals surface area contributed by atoms with Gasteiger partial charge in [0.1, 0.15) is 5.56 Å². The summed E-state index contributed by atoms with van der Waals surface area (Å²) in [6.07, 6.45) is 0. The van der Waals surface area contributed by atoms with Crippen molar-refractivity contribution in [2.45, 2.75) is 0 Å². The minimum absolute atomic E-state index is 0.136. The first-order chi connectivity index (χ1) is 7.56. The normalized spacial score (nSPS) is 9.06. The summed E-state index contributed by atoms with van der Waals surface area (Å²) in [5.74, 6) is 4.18. The SMILES string of the molecule is O=C(O)c1ccc(C#CCS)c([N+](=O)[O-])c1. The molecule has 1 rings (SSSR count). The lowest BCUT2D eigenvalue weighted by Gasteiger charge is -1.97. The van der Waals surface area contributed by atoms with E-state index in [0.29, 0.717) is 0 Å². The first-order valence-corrected chi connectivity index (χ1v) is 4.81. The van der Waals surface area contributed by atoms with E-state index in [1.165, 1.54) is 12.1 Å². The molecule has 0 atom stereocenters. The second-order valence-electron chi connectivity index (χ2n) is 2.75. The van der Waals surface area contributed by atoms with Crippen molar-refractivity contribution >= 4 is 24.3 Å². The second kappa shape index (κ2) is 5.19. The monoisotopic (exact) mass is 237 g/mol. The Kier molecular flexibility index (Phi) is 3.91. The number of carbonyl (C=O) groups is 1. The molecule has 0 fully saturated rings. The zero-order valence-corrected chi connectivity index (χ0v) is 8.90. The van der Waals surface area contributed by atoms with E-state index in [1.54, 1.807) is 0 Å². The highest BCUT2D eigenvalue weighted by atomic mass is 32.1. The van der Waals surface area contributed by atoms with E-state index in [0.717, 1.165) is 6.07 Å². The molecule has 0 saturated carbocycles. The lowest BCUT2D eigenvalue weighted by molar-refractivity contribution is -0.385. The van der Waals surface area contributed by atoms with Crippen molar-refractivity contribution in [2.75, 3.05) is 5.75 Å². The molecule has 1 N–H and O–H groups in total. The van der Waals surface area contributed by atoms with Gasteiger partial charge in [0.15, 0.2) is 0 Å². The molecular formula is C10H7NO4S. The van der Waals surface area contributed by atoms with Gasteiger partial charge in [-0.05, 0) is 12.1 Å². The molecule has 0 bridgehead atoms. The molecule has 0 aliphatic heterocycles. The Labute approximate surface area is 96.7 Å². The molecule has 0 amide bonds. The smallest absolute Gasteiger partial charge is 0.335 e. The highest BCUT2D eigenvalue weighted by Gasteiger charge is 2.15. The summed E-state index contributed by atoms with van der Waals surface area (Å²) in [6.45, 7) is 0. The van der Waals surface area contributed by atoms with Crippen molar-refractivity contribution in [2.24, 2.45) is 0 Å². The summed E-state index contributed by atoms with van der Waals surface area (Å²) in [5.41, 5.74) is -0.263. The Morgan fingerprint density at radius 1 is 1.56 bits per heavy atom. The third-order valence-corrected chi connectivity index (χ3v) is 1.90. The fourth-order valence-electron chi connectivity index (χ4n) is 1.06. The van der Waals surface area contributed by atoms with E-state index in [-0.39, 0.29) is 22.6 Å². The molecule has 6 heteroatoms. The standard InChI is InChI=1S/C10H7NO4S/c12-10(13)8-4-3-7(2-1-5-16)9(6-8)11(14)15/h3-4,6,16H,5H2,(H,12,13). The van der Waals surface area contributed by atoms with Crippen LogP contribution in [-0.2, 0) is 0 Å². The van der Waals surface area contributed by atoms with Crippen LogP contribution in [0.15, 0.2) is 18.2 Å². The van der Waals surface area contributed by atoms with Gasteiger partial charge in [0.2, 0.25) is 0 Å². The molecule has 0 aliphatic carbocycles. The summed E-state index contributed by atoms with van der Waals surface area (Å²) in [5, 5.41) is 19.4. The van der Waals surface area contributed by atoms with Gasteiger partial charge in [-0.1, -0.05) is 11.8 Å². The highest BCUT2D eigenvalue weighted by Crippen LogP contribution is 2.19. The van der Waals surface area contributed by atoms with Crippen LogP contribution < -0.4 is 0 Å². The molecule has 82 valence electrons. The van der Waals surface area contributed by atoms with E-state index in [1.807, 2.05) is 0 Å². The van der Waals surface area contributed by atoms with Crippen molar-refractivity contribution in [3.63, 3.8) is 0 Å². The number of aromatic carboxylic acids is 1. The molecule has 16 heavy (non-hydrogen) atoms. The molecule has 0 radical (unpaired) electrons. The predicted molar refractivity (Wildman–Crippen MR) is 60.8 cm³/mol. The number of carboxylic acids is 1. The maximum Gasteiger partial charge on any atom is 0.335 e. The number of nitrogens with zero attached hydrogens (tertiary/aromatic N) is 1. The van der Waals surface area contributed by atoms with E-state index in [9.17, 15) is 14.9 Å². The van der Waals surface area contributed by atoms with Gasteiger partial charge in [-0.15, -0.1) is 0 Å². The fraction of sp³-hybridized carbons (Fsp3) is 0.100. The largest absolute Gasteiger partial charge is 0.478 e. The summed E-state index contributed by atoms with van der Waals surface area (Å²) < 4.78 is 0. The van der Waals surface area contributed by atoms with Crippen LogP contribution in [-0.4, -0.2) is 21.8 Å². The molecule has 0 aliphatic rings. The van der Waals surface area contributed by atoms with Crippen LogP contribution in [0, 0.1) is 22.0 Å². The molecule has 0 heterocycles. The maximum atomic E-state index is 10.7. The van der Waals surface area contributed by atoms with Crippen LogP contribution in [0.25, 0.3) is 0 Å². The third kappa shape index (κ3) is 2.74. The number of benzene rings is 1. The number of nitro groups is 1. The first kappa shape index (κ1) is 12.1. The summed E-state index contributed by atoms with van der Waals surface area (Å²) in [6, 6.07) is 3.58. The highest BCUT2D eigenvalue weighted by molar-refractivity contribution is 7.80. The number of hydrogen-bond acceptors (Lipinski definition) is 4. The zero-order chi connectivity index (χ0) is 12.1. The number of rotatable bonds is 2. The van der Waals surface area contributed by atoms with Gasteiger partial charge in [-0.2, -0.15) is 12.6 Å². The first-order valence-electron chi connectivity index (χ1n) is 4.17. The second-order valence-corrected chi connectivity index (χ2v) is 3.07. The predicted octanol–water partition coefficient (Wildman–Crippen LogP) is 1.57. The van der Waals surface area contributed by atoms with E-state index in [2.05, 4.69) is 24.5 Å². The number of carboxylic acid groups (broad SMARTS) is 1. The number of hydrogen-bond donors (Lipinski definition) is 2. The minimum Gasteiger partial charge on any atom is -0.478 e. The van der Waals surface area contributed by atoms with Crippen LogP contribution in [0.3, 0.4) is 0 Å². The van der Waals surface area contributed by atoms with Crippen LogP contribution in [0.4, 0.5) is 5.69 Å². The van der Waals surface area contributed by atoms with Crippen molar-refractivity contribution in [1.82, 2.24) is 0 Å². The maximum absolute atomic E-state index is 10.7. The quantitative estimate of drug-likeness (QED) is 0.354. The van der Waals surface area contributed by atoms with Gasteiger partial charge in [-0.3, -0.25) is 10.1 Å². The van der Waals surface area contributed by atoms with Crippen LogP contribution in [0.5, 0.6) is 0 Å². The molecule has 5 nitrogen and oxygen atoms in total. The average molecular weight is 237 g/mol. The molecule has 0 unspecified atom stereocenters. The van der Waals surface area contributed by atoms with Crippen molar-refractivity contribution in [1.29, 1.82) is 0 Å². The molecule has 0 saturated heterocycles. The van der Waals surface area contributed by atoms with Crippen molar-refractivity contribution in [3.05, 3.63) is 39.4 Å². The van der Waals surface area contributed by atoms with Gasteiger partial charge in [-0.25, -0.2) is 4.79 Å². The van der Waals surface area contributed by atoms with Crippen molar-refractivity contribution in [3.8, 4) is 11.8 Å². The fourth-order valence-corrected chi connectivity index (χ4v) is 1.14. The summed E-state index contributed by atoms with van der Waals surface area (Å²) in [7, 11) is 0. The minimum atomic E-state index is -1.21. The summed E-state index contributed by atoms with van der Waals surface area (Å²) >= 11 is 3.85. The molecule has 0 spiro atoms. The van der Waals surface area contributed by atoms with Crippen LogP contribution in [0.1, 0.15) is 15.9 Å². The number of thiol groups is 1. The zero-order valence-electron chi connectivity index (χ0n) is 8.01. The Hall–Kier alpha value is -2.00. The van der Waals surface area contributed by atoms with E-state index < -0.39 is 10.9 Å². The number of nitro benzene ring substituents is 1. The lowest BCUT2D eigenvalue weighted by atomic mass is 10.1. The molecule has 1 aromatic carbocycles. The van der Waals surface area contributed by atoms with E-state index in [4.69, 9.17) is 5.11 Å². The lowest BCUT2D eigenvalue weighted by Crippen LogP contribution is -1.99. The van der Waals surface area contributed by atoms with Crippen LogP contribution in [0.2, 0.25) is 0 Å². The van der Waals surface area contributed by atoms with Gasteiger partial charge in [0.05, 0.1) is 16.2 Å². The molecular weight excluding hydrogens is 230 g/mol. The third-order valence-electron chi connectivity index (χ3n) is 1.74. The van der Waals surface area contributed by atoms with Crippen LogP contribution >= 0.6 is 12.6 Å². The summed E-state index contributed by atoms with van der Waals surface area (Å²) in [4.78, 5) is 20.7. The Balaban J connectivity index is 3.30. The van der Waals surface area contributed by atoms with Gasteiger partial charge in [0.25, 0.3) is 5.69 Å². The Morgan fingerprint density at radius 2 is 2.25 bits per heavy atom. The average Bonchev–Trinajstić information content (AvgIpc) is 2.25. The van der Waals surface area contributed by atoms with Gasteiger partial charge in [0, 0.05) is 6.07 Å². The van der Waals surface area contributed by atoms with Gasteiger partial charge < -0.3 is 5.11 Å². The molecule has 1 aromatic rings. The van der Waals surface area contributed by atoms with E-state index >= 15 is 0 Å². The Morgan fingerprint density at radius 3 is 2.75 bits per heavy atom. The Bertz CT molecular complexity index is 501. The van der Waals surface area contributed by atoms with Crippen molar-refractivity contribution < 1.29 is 14.8 Å². The van der Waals surface area contributed by atoms with Gasteiger partial charge >= 0.3 is 5.97 Å².